The van der Waals surface area contributed by atoms with Crippen molar-refractivity contribution in [2.75, 3.05) is 6.61 Å². The first-order valence-corrected chi connectivity index (χ1v) is 3.93. The second-order valence-electron chi connectivity index (χ2n) is 2.58. The van der Waals surface area contributed by atoms with Gasteiger partial charge in [-0.2, -0.15) is 0 Å². The SMILES string of the molecule is CCCCC(CC)C[O-]. The Labute approximate surface area is 58.1 Å². The molecule has 0 aromatic rings. The zero-order valence-corrected chi connectivity index (χ0v) is 6.52. The lowest BCUT2D eigenvalue weighted by atomic mass is 10.0. The minimum absolute atomic E-state index is 0.122. The minimum atomic E-state index is 0.122. The lowest BCUT2D eigenvalue weighted by Gasteiger charge is -2.16. The van der Waals surface area contributed by atoms with Crippen LogP contribution in [0, 0.1) is 5.92 Å². The van der Waals surface area contributed by atoms with E-state index in [1.165, 1.54) is 12.8 Å². The van der Waals surface area contributed by atoms with E-state index in [1.807, 2.05) is 0 Å². The fraction of sp³-hybridized carbons (Fsp3) is 1.00. The van der Waals surface area contributed by atoms with Crippen LogP contribution in [0.15, 0.2) is 0 Å². The predicted molar refractivity (Wildman–Crippen MR) is 38.2 cm³/mol. The average Bonchev–Trinajstić information content (AvgIpc) is 1.91. The van der Waals surface area contributed by atoms with Crippen LogP contribution in [0.25, 0.3) is 0 Å². The molecule has 9 heavy (non-hydrogen) atoms. The molecule has 0 heterocycles. The molecule has 0 spiro atoms. The first-order valence-electron chi connectivity index (χ1n) is 3.93. The van der Waals surface area contributed by atoms with Crippen molar-refractivity contribution < 1.29 is 5.11 Å². The van der Waals surface area contributed by atoms with E-state index in [0.717, 1.165) is 12.8 Å². The molecule has 0 amide bonds. The summed E-state index contributed by atoms with van der Waals surface area (Å²) < 4.78 is 0. The Hall–Kier alpha value is -0.0400. The molecule has 0 saturated heterocycles. The second-order valence-corrected chi connectivity index (χ2v) is 2.58. The average molecular weight is 129 g/mol. The summed E-state index contributed by atoms with van der Waals surface area (Å²) in [5.74, 6) is 0.449. The Morgan fingerprint density at radius 2 is 2.00 bits per heavy atom. The van der Waals surface area contributed by atoms with Crippen LogP contribution in [0.4, 0.5) is 0 Å². The Morgan fingerprint density at radius 1 is 1.33 bits per heavy atom. The van der Waals surface area contributed by atoms with E-state index in [9.17, 15) is 5.11 Å². The highest BCUT2D eigenvalue weighted by Gasteiger charge is 1.96. The third kappa shape index (κ3) is 4.46. The summed E-state index contributed by atoms with van der Waals surface area (Å²) in [6.45, 7) is 4.38. The van der Waals surface area contributed by atoms with Crippen LogP contribution in [0.3, 0.4) is 0 Å². The lowest BCUT2D eigenvalue weighted by molar-refractivity contribution is -0.379. The van der Waals surface area contributed by atoms with Crippen LogP contribution in [0.5, 0.6) is 0 Å². The zero-order chi connectivity index (χ0) is 7.11. The number of rotatable bonds is 5. The molecule has 0 rings (SSSR count). The largest absolute Gasteiger partial charge is 0.854 e. The first kappa shape index (κ1) is 8.96. The van der Waals surface area contributed by atoms with Gasteiger partial charge in [-0.15, -0.1) is 6.61 Å². The molecule has 0 aliphatic carbocycles. The number of hydrogen-bond donors (Lipinski definition) is 0. The maximum Gasteiger partial charge on any atom is -0.0518 e. The van der Waals surface area contributed by atoms with Gasteiger partial charge >= 0.3 is 0 Å². The van der Waals surface area contributed by atoms with E-state index in [1.54, 1.807) is 0 Å². The van der Waals surface area contributed by atoms with Gasteiger partial charge in [0.1, 0.15) is 0 Å². The Kier molecular flexibility index (Phi) is 6.06. The van der Waals surface area contributed by atoms with E-state index in [2.05, 4.69) is 13.8 Å². The first-order chi connectivity index (χ1) is 4.35. The molecule has 56 valence electrons. The summed E-state index contributed by atoms with van der Waals surface area (Å²) in [6, 6.07) is 0. The van der Waals surface area contributed by atoms with Crippen LogP contribution < -0.4 is 5.11 Å². The van der Waals surface area contributed by atoms with Crippen molar-refractivity contribution in [3.8, 4) is 0 Å². The zero-order valence-electron chi connectivity index (χ0n) is 6.52. The molecule has 0 saturated carbocycles. The Bertz CT molecular complexity index is 48.5. The summed E-state index contributed by atoms with van der Waals surface area (Å²) in [6.07, 6.45) is 4.64. The second kappa shape index (κ2) is 6.09. The molecular formula is C8H17O-. The smallest absolute Gasteiger partial charge is 0.0518 e. The van der Waals surface area contributed by atoms with Gasteiger partial charge in [0.25, 0.3) is 0 Å². The topological polar surface area (TPSA) is 23.1 Å². The van der Waals surface area contributed by atoms with Gasteiger partial charge in [-0.05, 0) is 0 Å². The van der Waals surface area contributed by atoms with Crippen molar-refractivity contribution in [2.45, 2.75) is 39.5 Å². The standard InChI is InChI=1S/C8H17O/c1-3-5-6-8(4-2)7-9/h8H,3-7H2,1-2H3/q-1. The maximum atomic E-state index is 10.4. The summed E-state index contributed by atoms with van der Waals surface area (Å²) in [5, 5.41) is 10.4. The number of unbranched alkanes of at least 4 members (excludes halogenated alkanes) is 1. The molecule has 0 fully saturated rings. The summed E-state index contributed by atoms with van der Waals surface area (Å²) in [7, 11) is 0. The monoisotopic (exact) mass is 129 g/mol. The fourth-order valence-electron chi connectivity index (χ4n) is 0.898. The van der Waals surface area contributed by atoms with E-state index in [4.69, 9.17) is 0 Å². The van der Waals surface area contributed by atoms with Gasteiger partial charge in [0.15, 0.2) is 0 Å². The van der Waals surface area contributed by atoms with Crippen molar-refractivity contribution in [2.24, 2.45) is 5.92 Å². The maximum absolute atomic E-state index is 10.4. The van der Waals surface area contributed by atoms with Crippen molar-refractivity contribution >= 4 is 0 Å². The lowest BCUT2D eigenvalue weighted by Crippen LogP contribution is -2.17. The van der Waals surface area contributed by atoms with E-state index >= 15 is 0 Å². The van der Waals surface area contributed by atoms with Crippen molar-refractivity contribution in [1.29, 1.82) is 0 Å². The summed E-state index contributed by atoms with van der Waals surface area (Å²) >= 11 is 0. The molecular weight excluding hydrogens is 112 g/mol. The summed E-state index contributed by atoms with van der Waals surface area (Å²) in [4.78, 5) is 0. The van der Waals surface area contributed by atoms with Crippen LogP contribution in [0.1, 0.15) is 39.5 Å². The molecule has 0 aromatic heterocycles. The van der Waals surface area contributed by atoms with E-state index in [-0.39, 0.29) is 6.61 Å². The highest BCUT2D eigenvalue weighted by molar-refractivity contribution is 4.52. The van der Waals surface area contributed by atoms with Gasteiger partial charge in [-0.25, -0.2) is 0 Å². The summed E-state index contributed by atoms with van der Waals surface area (Å²) in [5.41, 5.74) is 0. The highest BCUT2D eigenvalue weighted by atomic mass is 16.3. The molecule has 0 bridgehead atoms. The van der Waals surface area contributed by atoms with E-state index in [0.29, 0.717) is 5.92 Å². The highest BCUT2D eigenvalue weighted by Crippen LogP contribution is 2.09. The molecule has 0 radical (unpaired) electrons. The van der Waals surface area contributed by atoms with Gasteiger partial charge < -0.3 is 5.11 Å². The molecule has 0 aromatic carbocycles. The molecule has 0 N–H and O–H groups in total. The fourth-order valence-corrected chi connectivity index (χ4v) is 0.898. The molecule has 1 atom stereocenters. The van der Waals surface area contributed by atoms with Gasteiger partial charge in [0.2, 0.25) is 0 Å². The van der Waals surface area contributed by atoms with Crippen LogP contribution >= 0.6 is 0 Å². The third-order valence-electron chi connectivity index (χ3n) is 1.78. The Morgan fingerprint density at radius 3 is 2.33 bits per heavy atom. The van der Waals surface area contributed by atoms with Crippen molar-refractivity contribution in [3.05, 3.63) is 0 Å². The normalized spacial score (nSPS) is 13.7. The molecule has 1 nitrogen and oxygen atoms in total. The van der Waals surface area contributed by atoms with Gasteiger partial charge in [0, 0.05) is 0 Å². The molecule has 1 unspecified atom stereocenters. The minimum Gasteiger partial charge on any atom is -0.854 e. The molecule has 0 aliphatic heterocycles. The quantitative estimate of drug-likeness (QED) is 0.552. The number of hydrogen-bond acceptors (Lipinski definition) is 1. The van der Waals surface area contributed by atoms with Crippen molar-refractivity contribution in [3.63, 3.8) is 0 Å². The van der Waals surface area contributed by atoms with E-state index < -0.39 is 0 Å². The van der Waals surface area contributed by atoms with Crippen LogP contribution in [-0.2, 0) is 0 Å². The third-order valence-corrected chi connectivity index (χ3v) is 1.78. The van der Waals surface area contributed by atoms with Gasteiger partial charge in [-0.1, -0.05) is 45.4 Å². The van der Waals surface area contributed by atoms with Crippen LogP contribution in [0.2, 0.25) is 0 Å². The van der Waals surface area contributed by atoms with Crippen molar-refractivity contribution in [1.82, 2.24) is 0 Å². The van der Waals surface area contributed by atoms with Crippen LogP contribution in [-0.4, -0.2) is 6.61 Å². The van der Waals surface area contributed by atoms with Gasteiger partial charge in [0.05, 0.1) is 0 Å². The van der Waals surface area contributed by atoms with Gasteiger partial charge in [-0.3, -0.25) is 0 Å². The predicted octanol–water partition coefficient (Wildman–Crippen LogP) is 1.56. The molecule has 1 heteroatoms. The molecule has 0 aliphatic rings. The Balaban J connectivity index is 3.09.